The molecular weight excluding hydrogens is 246 g/mol. The minimum Gasteiger partial charge on any atom is -0.384 e. The lowest BCUT2D eigenvalue weighted by Gasteiger charge is -2.17. The zero-order valence-corrected chi connectivity index (χ0v) is 11.7. The molecule has 1 N–H and O–H groups in total. The van der Waals surface area contributed by atoms with Crippen LogP contribution in [0.4, 0.5) is 0 Å². The number of aliphatic hydroxyl groups is 1. The van der Waals surface area contributed by atoms with E-state index in [9.17, 15) is 5.11 Å². The van der Waals surface area contributed by atoms with Gasteiger partial charge in [-0.15, -0.1) is 0 Å². The first-order valence-electron chi connectivity index (χ1n) is 6.75. The molecule has 0 fully saturated rings. The Labute approximate surface area is 118 Å². The molecule has 1 aromatic heterocycles. The average molecular weight is 263 g/mol. The minimum atomic E-state index is -0.610. The Morgan fingerprint density at radius 2 is 1.70 bits per heavy atom. The van der Waals surface area contributed by atoms with Crippen LogP contribution in [0.3, 0.4) is 0 Å². The Hall–Kier alpha value is -2.19. The van der Waals surface area contributed by atoms with E-state index < -0.39 is 6.10 Å². The molecule has 1 atom stereocenters. The van der Waals surface area contributed by atoms with Crippen molar-refractivity contribution < 1.29 is 5.11 Å². The molecule has 1 unspecified atom stereocenters. The molecule has 0 aliphatic rings. The molecule has 0 aliphatic heterocycles. The molecule has 3 aromatic rings. The van der Waals surface area contributed by atoms with Gasteiger partial charge in [-0.2, -0.15) is 0 Å². The van der Waals surface area contributed by atoms with Crippen molar-refractivity contribution in [2.24, 2.45) is 0 Å². The predicted molar refractivity (Wildman–Crippen MR) is 81.7 cm³/mol. The summed E-state index contributed by atoms with van der Waals surface area (Å²) in [7, 11) is 0. The van der Waals surface area contributed by atoms with Crippen LogP contribution in [0.2, 0.25) is 0 Å². The third-order valence-corrected chi connectivity index (χ3v) is 3.95. The van der Waals surface area contributed by atoms with Crippen LogP contribution in [0, 0.1) is 13.8 Å². The number of pyridine rings is 1. The van der Waals surface area contributed by atoms with Gasteiger partial charge in [0.05, 0.1) is 0 Å². The highest BCUT2D eigenvalue weighted by Gasteiger charge is 2.15. The predicted octanol–water partition coefficient (Wildman–Crippen LogP) is 3.93. The van der Waals surface area contributed by atoms with Gasteiger partial charge < -0.3 is 5.11 Å². The molecule has 0 amide bonds. The van der Waals surface area contributed by atoms with Crippen LogP contribution in [-0.2, 0) is 0 Å². The van der Waals surface area contributed by atoms with Crippen molar-refractivity contribution in [1.82, 2.24) is 4.98 Å². The summed E-state index contributed by atoms with van der Waals surface area (Å²) >= 11 is 0. The summed E-state index contributed by atoms with van der Waals surface area (Å²) in [4.78, 5) is 4.14. The summed E-state index contributed by atoms with van der Waals surface area (Å²) in [5.41, 5.74) is 4.24. The molecule has 100 valence electrons. The maximum atomic E-state index is 10.8. The zero-order chi connectivity index (χ0) is 14.1. The Balaban J connectivity index is 2.18. The van der Waals surface area contributed by atoms with Crippen molar-refractivity contribution in [2.75, 3.05) is 0 Å². The molecule has 2 nitrogen and oxygen atoms in total. The second-order valence-corrected chi connectivity index (χ2v) is 5.14. The number of aryl methyl sites for hydroxylation is 1. The lowest BCUT2D eigenvalue weighted by atomic mass is 9.92. The van der Waals surface area contributed by atoms with Crippen molar-refractivity contribution in [2.45, 2.75) is 20.0 Å². The number of hydrogen-bond donors (Lipinski definition) is 1. The minimum absolute atomic E-state index is 0.610. The number of nitrogens with zero attached hydrogens (tertiary/aromatic N) is 1. The fourth-order valence-electron chi connectivity index (χ4n) is 2.62. The quantitative estimate of drug-likeness (QED) is 0.760. The van der Waals surface area contributed by atoms with Crippen LogP contribution in [0.25, 0.3) is 10.8 Å². The third-order valence-electron chi connectivity index (χ3n) is 3.95. The average Bonchev–Trinajstić information content (AvgIpc) is 2.49. The first kappa shape index (κ1) is 12.8. The molecule has 0 bridgehead atoms. The number of benzene rings is 2. The first-order chi connectivity index (χ1) is 9.68. The van der Waals surface area contributed by atoms with E-state index in [1.54, 1.807) is 6.20 Å². The smallest absolute Gasteiger partial charge is 0.105 e. The van der Waals surface area contributed by atoms with Gasteiger partial charge in [-0.25, -0.2) is 0 Å². The summed E-state index contributed by atoms with van der Waals surface area (Å²) in [6, 6.07) is 14.0. The number of hydrogen-bond acceptors (Lipinski definition) is 2. The molecular formula is C18H17NO. The van der Waals surface area contributed by atoms with Crippen LogP contribution in [-0.4, -0.2) is 10.1 Å². The van der Waals surface area contributed by atoms with E-state index in [4.69, 9.17) is 0 Å². The van der Waals surface area contributed by atoms with Gasteiger partial charge in [0, 0.05) is 17.8 Å². The highest BCUT2D eigenvalue weighted by Crippen LogP contribution is 2.30. The molecule has 0 saturated carbocycles. The largest absolute Gasteiger partial charge is 0.384 e. The summed E-state index contributed by atoms with van der Waals surface area (Å²) in [6.45, 7) is 4.12. The van der Waals surface area contributed by atoms with Gasteiger partial charge in [0.15, 0.2) is 0 Å². The molecule has 2 aromatic carbocycles. The van der Waals surface area contributed by atoms with E-state index in [-0.39, 0.29) is 0 Å². The Morgan fingerprint density at radius 1 is 0.950 bits per heavy atom. The lowest BCUT2D eigenvalue weighted by Crippen LogP contribution is -2.03. The molecule has 3 rings (SSSR count). The summed E-state index contributed by atoms with van der Waals surface area (Å²) in [5.74, 6) is 0. The third kappa shape index (κ3) is 2.08. The Bertz CT molecular complexity index is 759. The van der Waals surface area contributed by atoms with E-state index in [0.29, 0.717) is 0 Å². The fourth-order valence-corrected chi connectivity index (χ4v) is 2.62. The molecule has 2 heteroatoms. The molecule has 0 radical (unpaired) electrons. The van der Waals surface area contributed by atoms with E-state index in [0.717, 1.165) is 27.5 Å². The van der Waals surface area contributed by atoms with Crippen molar-refractivity contribution in [3.05, 3.63) is 77.1 Å². The van der Waals surface area contributed by atoms with Crippen molar-refractivity contribution in [1.29, 1.82) is 0 Å². The summed E-state index contributed by atoms with van der Waals surface area (Å²) < 4.78 is 0. The topological polar surface area (TPSA) is 33.1 Å². The number of fused-ring (bicyclic) bond motifs is 1. The Morgan fingerprint density at radius 3 is 2.55 bits per heavy atom. The zero-order valence-electron chi connectivity index (χ0n) is 11.7. The standard InChI is InChI=1S/C18H17NO/c1-12-5-3-7-15(13(12)2)18(20)17-8-4-6-14-11-19-10-9-16(14)17/h3-11,18,20H,1-2H3. The molecule has 1 heterocycles. The van der Waals surface area contributed by atoms with E-state index >= 15 is 0 Å². The van der Waals surface area contributed by atoms with E-state index in [2.05, 4.69) is 24.9 Å². The Kier molecular flexibility index (Phi) is 3.25. The van der Waals surface area contributed by atoms with Gasteiger partial charge in [-0.05, 0) is 47.6 Å². The van der Waals surface area contributed by atoms with Crippen molar-refractivity contribution in [3.63, 3.8) is 0 Å². The van der Waals surface area contributed by atoms with Crippen molar-refractivity contribution >= 4 is 10.8 Å². The maximum absolute atomic E-state index is 10.8. The van der Waals surface area contributed by atoms with Crippen LogP contribution in [0.1, 0.15) is 28.4 Å². The van der Waals surface area contributed by atoms with Crippen LogP contribution < -0.4 is 0 Å². The van der Waals surface area contributed by atoms with Gasteiger partial charge >= 0.3 is 0 Å². The van der Waals surface area contributed by atoms with Crippen molar-refractivity contribution in [3.8, 4) is 0 Å². The molecule has 0 aliphatic carbocycles. The lowest BCUT2D eigenvalue weighted by molar-refractivity contribution is 0.221. The summed E-state index contributed by atoms with van der Waals surface area (Å²) in [5, 5.41) is 12.9. The summed E-state index contributed by atoms with van der Waals surface area (Å²) in [6.07, 6.45) is 2.98. The number of rotatable bonds is 2. The van der Waals surface area contributed by atoms with Gasteiger partial charge in [0.25, 0.3) is 0 Å². The van der Waals surface area contributed by atoms with E-state index in [1.807, 2.05) is 42.6 Å². The molecule has 0 saturated heterocycles. The highest BCUT2D eigenvalue weighted by molar-refractivity contribution is 5.85. The van der Waals surface area contributed by atoms with Crippen LogP contribution in [0.15, 0.2) is 54.9 Å². The van der Waals surface area contributed by atoms with Crippen LogP contribution in [0.5, 0.6) is 0 Å². The SMILES string of the molecule is Cc1cccc(C(O)c2cccc3cnccc23)c1C. The van der Waals surface area contributed by atoms with E-state index in [1.165, 1.54) is 5.56 Å². The number of aliphatic hydroxyl groups excluding tert-OH is 1. The fraction of sp³-hybridized carbons (Fsp3) is 0.167. The van der Waals surface area contributed by atoms with Crippen LogP contribution >= 0.6 is 0 Å². The first-order valence-corrected chi connectivity index (χ1v) is 6.75. The molecule has 0 spiro atoms. The normalized spacial score (nSPS) is 12.6. The molecule has 20 heavy (non-hydrogen) atoms. The van der Waals surface area contributed by atoms with Gasteiger partial charge in [-0.1, -0.05) is 36.4 Å². The van der Waals surface area contributed by atoms with Gasteiger partial charge in [0.1, 0.15) is 6.10 Å². The highest BCUT2D eigenvalue weighted by atomic mass is 16.3. The maximum Gasteiger partial charge on any atom is 0.105 e. The second kappa shape index (κ2) is 5.06. The van der Waals surface area contributed by atoms with Gasteiger partial charge in [0.2, 0.25) is 0 Å². The van der Waals surface area contributed by atoms with Gasteiger partial charge in [-0.3, -0.25) is 4.98 Å². The second-order valence-electron chi connectivity index (χ2n) is 5.14. The number of aromatic nitrogens is 1. The monoisotopic (exact) mass is 263 g/mol.